The maximum absolute atomic E-state index is 11.9. The van der Waals surface area contributed by atoms with Gasteiger partial charge in [-0.1, -0.05) is 6.07 Å². The first-order valence-corrected chi connectivity index (χ1v) is 9.91. The molecule has 152 valence electrons. The van der Waals surface area contributed by atoms with Crippen LogP contribution in [0.15, 0.2) is 36.0 Å². The number of carbonyl (C=O) groups is 2. The zero-order valence-electron chi connectivity index (χ0n) is 16.5. The molecule has 30 heavy (non-hydrogen) atoms. The van der Waals surface area contributed by atoms with Gasteiger partial charge in [-0.15, -0.1) is 0 Å². The number of anilines is 2. The van der Waals surface area contributed by atoms with Crippen molar-refractivity contribution in [1.29, 1.82) is 0 Å². The van der Waals surface area contributed by atoms with Crippen molar-refractivity contribution in [2.24, 2.45) is 0 Å². The Hall–Kier alpha value is -3.75. The Morgan fingerprint density at radius 3 is 2.87 bits per heavy atom. The first-order valence-electron chi connectivity index (χ1n) is 9.91. The van der Waals surface area contributed by atoms with Crippen LogP contribution in [0.4, 0.5) is 11.6 Å². The van der Waals surface area contributed by atoms with Crippen LogP contribution in [-0.2, 0) is 16.1 Å². The van der Waals surface area contributed by atoms with Crippen molar-refractivity contribution in [3.63, 3.8) is 0 Å². The Morgan fingerprint density at radius 2 is 2.13 bits per heavy atom. The topological polar surface area (TPSA) is 113 Å². The van der Waals surface area contributed by atoms with Gasteiger partial charge in [-0.05, 0) is 38.0 Å². The Balaban J connectivity index is 1.50. The Labute approximate surface area is 172 Å². The summed E-state index contributed by atoms with van der Waals surface area (Å²) in [7, 11) is 0. The molecule has 3 aromatic heterocycles. The molecule has 1 saturated heterocycles. The van der Waals surface area contributed by atoms with E-state index in [0.29, 0.717) is 35.2 Å². The van der Waals surface area contributed by atoms with E-state index in [1.807, 2.05) is 31.2 Å². The highest BCUT2D eigenvalue weighted by Gasteiger charge is 2.25. The number of nitrogens with one attached hydrogen (secondary N) is 3. The van der Waals surface area contributed by atoms with E-state index in [1.165, 1.54) is 0 Å². The number of rotatable bonds is 6. The van der Waals surface area contributed by atoms with Gasteiger partial charge < -0.3 is 10.6 Å². The van der Waals surface area contributed by atoms with Crippen molar-refractivity contribution in [3.05, 3.63) is 53.0 Å². The molecule has 9 nitrogen and oxygen atoms in total. The van der Waals surface area contributed by atoms with E-state index in [2.05, 4.69) is 26.0 Å². The second kappa shape index (κ2) is 7.25. The van der Waals surface area contributed by atoms with Gasteiger partial charge in [-0.25, -0.2) is 4.98 Å². The lowest BCUT2D eigenvalue weighted by atomic mass is 10.1. The maximum atomic E-state index is 11.9. The van der Waals surface area contributed by atoms with Crippen molar-refractivity contribution < 1.29 is 9.59 Å². The van der Waals surface area contributed by atoms with Crippen LogP contribution in [0.25, 0.3) is 11.7 Å². The van der Waals surface area contributed by atoms with Crippen molar-refractivity contribution in [2.45, 2.75) is 38.8 Å². The summed E-state index contributed by atoms with van der Waals surface area (Å²) in [6, 6.07) is 8.27. The first kappa shape index (κ1) is 18.3. The van der Waals surface area contributed by atoms with Gasteiger partial charge in [0.1, 0.15) is 11.6 Å². The predicted octanol–water partition coefficient (Wildman–Crippen LogP) is 2.05. The van der Waals surface area contributed by atoms with Crippen molar-refractivity contribution in [1.82, 2.24) is 24.9 Å². The van der Waals surface area contributed by atoms with Gasteiger partial charge in [0.2, 0.25) is 5.91 Å². The highest BCUT2D eigenvalue weighted by Crippen LogP contribution is 2.28. The molecule has 4 heterocycles. The maximum Gasteiger partial charge on any atom is 0.254 e. The number of hydrogen-bond acceptors (Lipinski definition) is 7. The summed E-state index contributed by atoms with van der Waals surface area (Å²) in [5.74, 6) is 0.857. The number of nitrogens with zero attached hydrogens (tertiary/aromatic N) is 4. The van der Waals surface area contributed by atoms with E-state index in [9.17, 15) is 9.59 Å². The number of amides is 2. The van der Waals surface area contributed by atoms with Crippen molar-refractivity contribution in [2.75, 3.05) is 10.6 Å². The normalized spacial score (nSPS) is 17.6. The summed E-state index contributed by atoms with van der Waals surface area (Å²) in [4.78, 5) is 32.7. The lowest BCUT2D eigenvalue weighted by Crippen LogP contribution is -2.19. The van der Waals surface area contributed by atoms with Gasteiger partial charge in [0.25, 0.3) is 5.91 Å². The standard InChI is InChI=1S/C21H21N7O2/c1-12-3-2-4-16(24-12)11-22-17-9-18(25-15-5-6-15)28-20(26-17)14(10-23-28)7-13-8-19(29)27-21(13)30/h2-4,7,9-10,15,25H,5-6,8,11H2,1H3,(H,22,26)(H,27,29,30)/b13-7+. The van der Waals surface area contributed by atoms with Gasteiger partial charge in [-0.3, -0.25) is 19.9 Å². The van der Waals surface area contributed by atoms with Crippen LogP contribution in [-0.4, -0.2) is 37.4 Å². The van der Waals surface area contributed by atoms with Crippen LogP contribution in [0, 0.1) is 6.92 Å². The quantitative estimate of drug-likeness (QED) is 0.426. The molecule has 2 aliphatic rings. The molecular weight excluding hydrogens is 382 g/mol. The fraction of sp³-hybridized carbons (Fsp3) is 0.286. The number of carbonyl (C=O) groups excluding carboxylic acids is 2. The summed E-state index contributed by atoms with van der Waals surface area (Å²) in [5.41, 5.74) is 3.59. The van der Waals surface area contributed by atoms with Crippen molar-refractivity contribution >= 4 is 35.2 Å². The molecule has 3 N–H and O–H groups in total. The molecule has 3 aromatic rings. The third-order valence-electron chi connectivity index (χ3n) is 5.05. The molecule has 0 radical (unpaired) electrons. The Bertz CT molecular complexity index is 1190. The zero-order valence-corrected chi connectivity index (χ0v) is 16.5. The van der Waals surface area contributed by atoms with Crippen LogP contribution in [0.1, 0.15) is 36.2 Å². The van der Waals surface area contributed by atoms with Gasteiger partial charge in [0, 0.05) is 28.9 Å². The highest BCUT2D eigenvalue weighted by molar-refractivity contribution is 6.15. The van der Waals surface area contributed by atoms with E-state index in [-0.39, 0.29) is 18.2 Å². The minimum absolute atomic E-state index is 0.0698. The van der Waals surface area contributed by atoms with Crippen LogP contribution in [0.3, 0.4) is 0 Å². The number of hydrogen-bond donors (Lipinski definition) is 3. The SMILES string of the molecule is Cc1cccc(CNc2cc(NC3CC3)n3ncc(/C=C4\CC(=O)NC4=O)c3n2)n1. The molecule has 0 spiro atoms. The summed E-state index contributed by atoms with van der Waals surface area (Å²) in [6.07, 6.45) is 5.67. The fourth-order valence-electron chi connectivity index (χ4n) is 3.40. The summed E-state index contributed by atoms with van der Waals surface area (Å²) in [5, 5.41) is 13.6. The van der Waals surface area contributed by atoms with Gasteiger partial charge in [0.15, 0.2) is 5.65 Å². The first-order chi connectivity index (χ1) is 14.5. The van der Waals surface area contributed by atoms with Crippen LogP contribution < -0.4 is 16.0 Å². The van der Waals surface area contributed by atoms with Crippen LogP contribution >= 0.6 is 0 Å². The molecule has 0 bridgehead atoms. The van der Waals surface area contributed by atoms with Crippen LogP contribution in [0.2, 0.25) is 0 Å². The number of fused-ring (bicyclic) bond motifs is 1. The number of aromatic nitrogens is 4. The lowest BCUT2D eigenvalue weighted by Gasteiger charge is -2.11. The van der Waals surface area contributed by atoms with E-state index in [1.54, 1.807) is 16.8 Å². The lowest BCUT2D eigenvalue weighted by molar-refractivity contribution is -0.124. The van der Waals surface area contributed by atoms with Crippen LogP contribution in [0.5, 0.6) is 0 Å². The fourth-order valence-corrected chi connectivity index (χ4v) is 3.40. The molecule has 1 aliphatic carbocycles. The summed E-state index contributed by atoms with van der Waals surface area (Å²) in [6.45, 7) is 2.50. The largest absolute Gasteiger partial charge is 0.367 e. The zero-order chi connectivity index (χ0) is 20.7. The third kappa shape index (κ3) is 3.73. The molecule has 0 unspecified atom stereocenters. The van der Waals surface area contributed by atoms with Gasteiger partial charge in [-0.2, -0.15) is 9.61 Å². The molecule has 5 rings (SSSR count). The van der Waals surface area contributed by atoms with E-state index >= 15 is 0 Å². The molecule has 2 amide bonds. The second-order valence-electron chi connectivity index (χ2n) is 7.63. The number of aryl methyl sites for hydroxylation is 1. The molecule has 9 heteroatoms. The second-order valence-corrected chi connectivity index (χ2v) is 7.63. The minimum Gasteiger partial charge on any atom is -0.367 e. The van der Waals surface area contributed by atoms with Gasteiger partial charge >= 0.3 is 0 Å². The predicted molar refractivity (Wildman–Crippen MR) is 112 cm³/mol. The highest BCUT2D eigenvalue weighted by atomic mass is 16.2. The average molecular weight is 403 g/mol. The molecule has 0 aromatic carbocycles. The molecule has 0 atom stereocenters. The van der Waals surface area contributed by atoms with E-state index in [4.69, 9.17) is 4.98 Å². The average Bonchev–Trinajstić information content (AvgIpc) is 3.35. The molecule has 1 saturated carbocycles. The summed E-state index contributed by atoms with van der Waals surface area (Å²) >= 11 is 0. The Kier molecular flexibility index (Phi) is 4.42. The molecule has 2 fully saturated rings. The van der Waals surface area contributed by atoms with Gasteiger partial charge in [0.05, 0.1) is 24.9 Å². The molecule has 1 aliphatic heterocycles. The third-order valence-corrected chi connectivity index (χ3v) is 5.05. The summed E-state index contributed by atoms with van der Waals surface area (Å²) < 4.78 is 1.73. The minimum atomic E-state index is -0.365. The van der Waals surface area contributed by atoms with E-state index < -0.39 is 0 Å². The molecular formula is C21H21N7O2. The van der Waals surface area contributed by atoms with Crippen molar-refractivity contribution in [3.8, 4) is 0 Å². The van der Waals surface area contributed by atoms with E-state index in [0.717, 1.165) is 30.0 Å². The number of pyridine rings is 1. The monoisotopic (exact) mass is 403 g/mol. The smallest absolute Gasteiger partial charge is 0.254 e. The Morgan fingerprint density at radius 1 is 1.27 bits per heavy atom. The number of imide groups is 1.